The highest BCUT2D eigenvalue weighted by Crippen LogP contribution is 2.20. The number of aromatic amines is 1. The molecule has 1 heterocycles. The largest absolute Gasteiger partial charge is 0.307 e. The second-order valence-corrected chi connectivity index (χ2v) is 6.24. The molecule has 1 amide bonds. The van der Waals surface area contributed by atoms with E-state index in [0.717, 1.165) is 17.1 Å². The number of hydrogen-bond acceptors (Lipinski definition) is 4. The molecule has 122 valence electrons. The van der Waals surface area contributed by atoms with Crippen LogP contribution in [0.1, 0.15) is 11.4 Å². The summed E-state index contributed by atoms with van der Waals surface area (Å²) in [6.07, 6.45) is 0. The lowest BCUT2D eigenvalue weighted by Crippen LogP contribution is -2.31. The van der Waals surface area contributed by atoms with Crippen LogP contribution in [0.3, 0.4) is 0 Å². The van der Waals surface area contributed by atoms with Gasteiger partial charge in [-0.1, -0.05) is 60.3 Å². The molecule has 1 N–H and O–H groups in total. The quantitative estimate of drug-likeness (QED) is 0.700. The Morgan fingerprint density at radius 3 is 2.38 bits per heavy atom. The van der Waals surface area contributed by atoms with E-state index in [2.05, 4.69) is 15.2 Å². The lowest BCUT2D eigenvalue weighted by Gasteiger charge is -2.22. The lowest BCUT2D eigenvalue weighted by atomic mass is 10.2. The third-order valence-corrected chi connectivity index (χ3v) is 4.29. The maximum absolute atomic E-state index is 12.8. The Labute approximate surface area is 145 Å². The van der Waals surface area contributed by atoms with E-state index in [1.54, 1.807) is 4.90 Å². The van der Waals surface area contributed by atoms with E-state index in [-0.39, 0.29) is 5.91 Å². The number of aromatic nitrogens is 3. The number of rotatable bonds is 6. The molecule has 0 aliphatic rings. The highest BCUT2D eigenvalue weighted by atomic mass is 32.2. The fraction of sp³-hybridized carbons (Fsp3) is 0.167. The van der Waals surface area contributed by atoms with Gasteiger partial charge in [-0.2, -0.15) is 0 Å². The first-order chi connectivity index (χ1) is 11.7. The molecule has 0 unspecified atom stereocenters. The standard InChI is InChI=1S/C18H18N4OS/c1-14-19-18(21-20-14)24-13-17(23)22(16-10-6-3-7-11-16)12-15-8-4-2-5-9-15/h2-11H,12-13H2,1H3,(H,19,20,21). The number of hydrogen-bond donors (Lipinski definition) is 1. The van der Waals surface area contributed by atoms with Crippen molar-refractivity contribution in [3.05, 3.63) is 72.1 Å². The molecule has 24 heavy (non-hydrogen) atoms. The molecule has 0 radical (unpaired) electrons. The summed E-state index contributed by atoms with van der Waals surface area (Å²) < 4.78 is 0. The number of thioether (sulfide) groups is 1. The molecule has 0 saturated heterocycles. The molecule has 0 aliphatic carbocycles. The van der Waals surface area contributed by atoms with Crippen LogP contribution in [-0.4, -0.2) is 26.8 Å². The van der Waals surface area contributed by atoms with Gasteiger partial charge in [-0.05, 0) is 24.6 Å². The number of carbonyl (C=O) groups excluding carboxylic acids is 1. The maximum Gasteiger partial charge on any atom is 0.237 e. The van der Waals surface area contributed by atoms with Gasteiger partial charge >= 0.3 is 0 Å². The number of H-pyrrole nitrogens is 1. The zero-order chi connectivity index (χ0) is 16.8. The van der Waals surface area contributed by atoms with E-state index < -0.39 is 0 Å². The van der Waals surface area contributed by atoms with Crippen molar-refractivity contribution in [2.45, 2.75) is 18.6 Å². The summed E-state index contributed by atoms with van der Waals surface area (Å²) in [5.41, 5.74) is 1.98. The zero-order valence-electron chi connectivity index (χ0n) is 13.3. The van der Waals surface area contributed by atoms with Crippen LogP contribution in [0.5, 0.6) is 0 Å². The molecular weight excluding hydrogens is 320 g/mol. The molecule has 2 aromatic carbocycles. The molecule has 5 nitrogen and oxygen atoms in total. The van der Waals surface area contributed by atoms with Gasteiger partial charge in [0.25, 0.3) is 0 Å². The second kappa shape index (κ2) is 7.79. The van der Waals surface area contributed by atoms with Crippen molar-refractivity contribution < 1.29 is 4.79 Å². The monoisotopic (exact) mass is 338 g/mol. The predicted molar refractivity (Wildman–Crippen MR) is 95.9 cm³/mol. The molecule has 1 aromatic heterocycles. The van der Waals surface area contributed by atoms with Crippen LogP contribution in [0.25, 0.3) is 0 Å². The Balaban J connectivity index is 1.74. The summed E-state index contributed by atoms with van der Waals surface area (Å²) >= 11 is 1.34. The van der Waals surface area contributed by atoms with Crippen LogP contribution in [0.2, 0.25) is 0 Å². The number of carbonyl (C=O) groups is 1. The Morgan fingerprint density at radius 2 is 1.75 bits per heavy atom. The molecule has 0 spiro atoms. The van der Waals surface area contributed by atoms with Gasteiger partial charge in [0.15, 0.2) is 0 Å². The number of amides is 1. The first kappa shape index (κ1) is 16.3. The van der Waals surface area contributed by atoms with Crippen LogP contribution < -0.4 is 4.90 Å². The average molecular weight is 338 g/mol. The highest BCUT2D eigenvalue weighted by molar-refractivity contribution is 7.99. The number of aryl methyl sites for hydroxylation is 1. The van der Waals surface area contributed by atoms with Crippen molar-refractivity contribution in [3.8, 4) is 0 Å². The summed E-state index contributed by atoms with van der Waals surface area (Å²) in [6, 6.07) is 19.7. The highest BCUT2D eigenvalue weighted by Gasteiger charge is 2.17. The van der Waals surface area contributed by atoms with Gasteiger partial charge in [0.1, 0.15) is 5.82 Å². The van der Waals surface area contributed by atoms with E-state index in [9.17, 15) is 4.79 Å². The van der Waals surface area contributed by atoms with Crippen LogP contribution in [-0.2, 0) is 11.3 Å². The minimum atomic E-state index is 0.0255. The van der Waals surface area contributed by atoms with Gasteiger partial charge in [0.2, 0.25) is 11.1 Å². The summed E-state index contributed by atoms with van der Waals surface area (Å²) in [6.45, 7) is 2.38. The molecule has 0 fully saturated rings. The predicted octanol–water partition coefficient (Wildman–Crippen LogP) is 3.44. The number of para-hydroxylation sites is 1. The zero-order valence-corrected chi connectivity index (χ0v) is 14.2. The second-order valence-electron chi connectivity index (χ2n) is 5.29. The topological polar surface area (TPSA) is 61.9 Å². The third-order valence-electron chi connectivity index (χ3n) is 3.45. The van der Waals surface area contributed by atoms with E-state index in [1.807, 2.05) is 67.6 Å². The summed E-state index contributed by atoms with van der Waals surface area (Å²) in [5.74, 6) is 1.06. The summed E-state index contributed by atoms with van der Waals surface area (Å²) in [7, 11) is 0. The van der Waals surface area contributed by atoms with Crippen LogP contribution in [0.4, 0.5) is 5.69 Å². The molecule has 6 heteroatoms. The Bertz CT molecular complexity index is 789. The van der Waals surface area contributed by atoms with Crippen molar-refractivity contribution in [1.82, 2.24) is 15.2 Å². The molecule has 0 aliphatic heterocycles. The number of nitrogens with one attached hydrogen (secondary N) is 1. The molecule has 3 aromatic rings. The van der Waals surface area contributed by atoms with Crippen molar-refractivity contribution in [1.29, 1.82) is 0 Å². The smallest absolute Gasteiger partial charge is 0.237 e. The number of anilines is 1. The minimum absolute atomic E-state index is 0.0255. The molecule has 0 bridgehead atoms. The molecule has 0 atom stereocenters. The van der Waals surface area contributed by atoms with Gasteiger partial charge < -0.3 is 4.90 Å². The van der Waals surface area contributed by atoms with Crippen LogP contribution in [0.15, 0.2) is 65.8 Å². The maximum atomic E-state index is 12.8. The van der Waals surface area contributed by atoms with Crippen molar-refractivity contribution >= 4 is 23.4 Å². The first-order valence-corrected chi connectivity index (χ1v) is 8.62. The van der Waals surface area contributed by atoms with Crippen molar-refractivity contribution in [3.63, 3.8) is 0 Å². The Morgan fingerprint density at radius 1 is 1.08 bits per heavy atom. The minimum Gasteiger partial charge on any atom is -0.307 e. The van der Waals surface area contributed by atoms with Crippen LogP contribution in [0, 0.1) is 6.92 Å². The van der Waals surface area contributed by atoms with Crippen LogP contribution >= 0.6 is 11.8 Å². The third kappa shape index (κ3) is 4.23. The van der Waals surface area contributed by atoms with E-state index in [4.69, 9.17) is 0 Å². The number of nitrogens with zero attached hydrogens (tertiary/aromatic N) is 3. The van der Waals surface area contributed by atoms with Gasteiger partial charge in [-0.3, -0.25) is 9.89 Å². The summed E-state index contributed by atoms with van der Waals surface area (Å²) in [4.78, 5) is 18.8. The normalized spacial score (nSPS) is 10.5. The molecule has 3 rings (SSSR count). The number of benzene rings is 2. The van der Waals surface area contributed by atoms with E-state index >= 15 is 0 Å². The van der Waals surface area contributed by atoms with Gasteiger partial charge in [-0.15, -0.1) is 5.10 Å². The van der Waals surface area contributed by atoms with Crippen molar-refractivity contribution in [2.24, 2.45) is 0 Å². The van der Waals surface area contributed by atoms with Gasteiger partial charge in [-0.25, -0.2) is 4.98 Å². The first-order valence-electron chi connectivity index (χ1n) is 7.63. The van der Waals surface area contributed by atoms with Crippen molar-refractivity contribution in [2.75, 3.05) is 10.7 Å². The van der Waals surface area contributed by atoms with E-state index in [1.165, 1.54) is 11.8 Å². The molecule has 0 saturated carbocycles. The lowest BCUT2D eigenvalue weighted by molar-refractivity contribution is -0.116. The Hall–Kier alpha value is -2.60. The average Bonchev–Trinajstić information content (AvgIpc) is 3.04. The van der Waals surface area contributed by atoms with E-state index in [0.29, 0.717) is 17.5 Å². The fourth-order valence-electron chi connectivity index (χ4n) is 2.29. The van der Waals surface area contributed by atoms with Gasteiger partial charge in [0.05, 0.1) is 12.3 Å². The van der Waals surface area contributed by atoms with Gasteiger partial charge in [0, 0.05) is 5.69 Å². The Kier molecular flexibility index (Phi) is 5.28. The SMILES string of the molecule is Cc1nc(SCC(=O)N(Cc2ccccc2)c2ccccc2)n[nH]1. The summed E-state index contributed by atoms with van der Waals surface area (Å²) in [5, 5.41) is 7.44. The fourth-order valence-corrected chi connectivity index (χ4v) is 3.01. The molecular formula is C18H18N4OS.